The van der Waals surface area contributed by atoms with Crippen molar-refractivity contribution in [2.75, 3.05) is 31.7 Å². The van der Waals surface area contributed by atoms with Crippen LogP contribution in [0.4, 0.5) is 16.6 Å². The van der Waals surface area contributed by atoms with Crippen molar-refractivity contribution in [3.63, 3.8) is 0 Å². The van der Waals surface area contributed by atoms with Crippen molar-refractivity contribution >= 4 is 51.0 Å². The van der Waals surface area contributed by atoms with Crippen molar-refractivity contribution in [1.82, 2.24) is 15.2 Å². The molecule has 158 valence electrons. The summed E-state index contributed by atoms with van der Waals surface area (Å²) in [4.78, 5) is 32.5. The second-order valence-electron chi connectivity index (χ2n) is 7.33. The van der Waals surface area contributed by atoms with Crippen LogP contribution in [0.3, 0.4) is 0 Å². The molecule has 0 bridgehead atoms. The topological polar surface area (TPSA) is 100 Å². The first-order valence-corrected chi connectivity index (χ1v) is 11.1. The first-order chi connectivity index (χ1) is 14.2. The number of thiazole rings is 1. The molecule has 0 fully saturated rings. The third kappa shape index (κ3) is 5.24. The van der Waals surface area contributed by atoms with Gasteiger partial charge in [-0.15, -0.1) is 11.3 Å². The number of amides is 1. The van der Waals surface area contributed by atoms with Gasteiger partial charge in [-0.1, -0.05) is 11.3 Å². The summed E-state index contributed by atoms with van der Waals surface area (Å²) >= 11 is 2.62. The molecule has 0 aliphatic carbocycles. The van der Waals surface area contributed by atoms with E-state index in [9.17, 15) is 9.59 Å². The van der Waals surface area contributed by atoms with E-state index < -0.39 is 0 Å². The molecule has 7 nitrogen and oxygen atoms in total. The van der Waals surface area contributed by atoms with E-state index in [2.05, 4.69) is 15.6 Å². The highest BCUT2D eigenvalue weighted by Crippen LogP contribution is 2.31. The standard InChI is InChI=1S/C21H25N5O2S2/c1-12-9-10-29-17(12)16(27)18-19(22)25-21(30-18)24-15-7-5-14(6-8-15)20(28)23-13(2)11-26(3)4/h5-10,13H,11,22H2,1-4H3,(H,23,28)(H,24,25)/t13-/m1/s1. The van der Waals surface area contributed by atoms with E-state index in [1.165, 1.54) is 22.7 Å². The van der Waals surface area contributed by atoms with Crippen molar-refractivity contribution in [1.29, 1.82) is 0 Å². The summed E-state index contributed by atoms with van der Waals surface area (Å²) in [6, 6.07) is 9.05. The summed E-state index contributed by atoms with van der Waals surface area (Å²) in [7, 11) is 3.93. The number of hydrogen-bond donors (Lipinski definition) is 3. The van der Waals surface area contributed by atoms with Crippen molar-refractivity contribution in [3.05, 3.63) is 56.6 Å². The molecule has 0 aliphatic heterocycles. The molecule has 2 aromatic heterocycles. The van der Waals surface area contributed by atoms with Crippen molar-refractivity contribution in [2.45, 2.75) is 19.9 Å². The Balaban J connectivity index is 1.67. The van der Waals surface area contributed by atoms with Crippen LogP contribution in [0.2, 0.25) is 0 Å². The monoisotopic (exact) mass is 443 g/mol. The molecule has 3 aromatic rings. The average Bonchev–Trinajstić information content (AvgIpc) is 3.26. The van der Waals surface area contributed by atoms with Crippen LogP contribution in [0.1, 0.15) is 37.4 Å². The van der Waals surface area contributed by atoms with Gasteiger partial charge in [0.1, 0.15) is 10.7 Å². The second-order valence-corrected chi connectivity index (χ2v) is 9.25. The Hall–Kier alpha value is -2.75. The first kappa shape index (κ1) is 21.9. The molecule has 1 atom stereocenters. The molecule has 0 aliphatic rings. The number of nitrogens with one attached hydrogen (secondary N) is 2. The van der Waals surface area contributed by atoms with Gasteiger partial charge in [-0.2, -0.15) is 0 Å². The van der Waals surface area contributed by atoms with E-state index in [-0.39, 0.29) is 23.6 Å². The lowest BCUT2D eigenvalue weighted by Gasteiger charge is -2.18. The predicted molar refractivity (Wildman–Crippen MR) is 124 cm³/mol. The lowest BCUT2D eigenvalue weighted by Crippen LogP contribution is -2.39. The molecule has 1 amide bonds. The molecule has 2 heterocycles. The fraction of sp³-hybridized carbons (Fsp3) is 0.286. The largest absolute Gasteiger partial charge is 0.382 e. The molecule has 0 spiro atoms. The Bertz CT molecular complexity index is 1040. The molecule has 1 aromatic carbocycles. The van der Waals surface area contributed by atoms with E-state index in [0.29, 0.717) is 20.4 Å². The summed E-state index contributed by atoms with van der Waals surface area (Å²) in [5.41, 5.74) is 8.25. The van der Waals surface area contributed by atoms with Crippen LogP contribution in [0.15, 0.2) is 35.7 Å². The van der Waals surface area contributed by atoms with Gasteiger partial charge in [-0.05, 0) is 69.2 Å². The molecule has 9 heteroatoms. The quantitative estimate of drug-likeness (QED) is 0.459. The molecular weight excluding hydrogens is 418 g/mol. The van der Waals surface area contributed by atoms with Gasteiger partial charge < -0.3 is 21.3 Å². The molecule has 0 unspecified atom stereocenters. The minimum Gasteiger partial charge on any atom is -0.382 e. The van der Waals surface area contributed by atoms with Crippen molar-refractivity contribution < 1.29 is 9.59 Å². The van der Waals surface area contributed by atoms with Gasteiger partial charge in [-0.25, -0.2) is 4.98 Å². The number of thiophene rings is 1. The predicted octanol–water partition coefficient (Wildman–Crippen LogP) is 3.75. The Morgan fingerprint density at radius 1 is 1.17 bits per heavy atom. The second kappa shape index (κ2) is 9.38. The minimum absolute atomic E-state index is 0.0477. The van der Waals surface area contributed by atoms with Gasteiger partial charge in [-0.3, -0.25) is 9.59 Å². The Morgan fingerprint density at radius 2 is 1.87 bits per heavy atom. The first-order valence-electron chi connectivity index (χ1n) is 9.42. The summed E-state index contributed by atoms with van der Waals surface area (Å²) in [5.74, 6) is -0.0100. The Labute approximate surface area is 183 Å². The third-order valence-electron chi connectivity index (χ3n) is 4.34. The normalized spacial score (nSPS) is 12.0. The van der Waals surface area contributed by atoms with E-state index >= 15 is 0 Å². The third-order valence-corrected chi connectivity index (χ3v) is 6.34. The van der Waals surface area contributed by atoms with Crippen LogP contribution in [-0.2, 0) is 0 Å². The lowest BCUT2D eigenvalue weighted by atomic mass is 10.2. The van der Waals surface area contributed by atoms with E-state index in [1.807, 2.05) is 44.3 Å². The molecule has 0 saturated heterocycles. The number of rotatable bonds is 8. The number of benzene rings is 1. The smallest absolute Gasteiger partial charge is 0.251 e. The number of likely N-dealkylation sites (N-methyl/N-ethyl adjacent to an activating group) is 1. The summed E-state index contributed by atoms with van der Waals surface area (Å²) in [5, 5.41) is 8.54. The van der Waals surface area contributed by atoms with Gasteiger partial charge in [0.25, 0.3) is 5.91 Å². The maximum absolute atomic E-state index is 12.7. The number of aryl methyl sites for hydroxylation is 1. The van der Waals surface area contributed by atoms with Crippen molar-refractivity contribution in [2.24, 2.45) is 0 Å². The number of ketones is 1. The number of hydrogen-bond acceptors (Lipinski definition) is 8. The highest BCUT2D eigenvalue weighted by Gasteiger charge is 2.20. The van der Waals surface area contributed by atoms with Crippen LogP contribution < -0.4 is 16.4 Å². The number of nitrogen functional groups attached to an aromatic ring is 1. The van der Waals surface area contributed by atoms with Gasteiger partial charge in [0.05, 0.1) is 4.88 Å². The fourth-order valence-electron chi connectivity index (χ4n) is 2.99. The Morgan fingerprint density at radius 3 is 2.47 bits per heavy atom. The van der Waals surface area contributed by atoms with Gasteiger partial charge in [0, 0.05) is 23.8 Å². The molecular formula is C21H25N5O2S2. The molecule has 0 radical (unpaired) electrons. The van der Waals surface area contributed by atoms with Crippen molar-refractivity contribution in [3.8, 4) is 0 Å². The van der Waals surface area contributed by atoms with Crippen LogP contribution in [-0.4, -0.2) is 48.3 Å². The van der Waals surface area contributed by atoms with E-state index in [4.69, 9.17) is 5.73 Å². The van der Waals surface area contributed by atoms with Gasteiger partial charge in [0.15, 0.2) is 5.13 Å². The zero-order valence-electron chi connectivity index (χ0n) is 17.4. The van der Waals surface area contributed by atoms with Gasteiger partial charge in [0.2, 0.25) is 5.78 Å². The number of aromatic nitrogens is 1. The zero-order valence-corrected chi connectivity index (χ0v) is 19.0. The highest BCUT2D eigenvalue weighted by atomic mass is 32.1. The highest BCUT2D eigenvalue weighted by molar-refractivity contribution is 7.19. The maximum atomic E-state index is 12.7. The summed E-state index contributed by atoms with van der Waals surface area (Å²) in [6.45, 7) is 4.64. The molecule has 3 rings (SSSR count). The van der Waals surface area contributed by atoms with Crippen LogP contribution >= 0.6 is 22.7 Å². The lowest BCUT2D eigenvalue weighted by molar-refractivity contribution is 0.0933. The maximum Gasteiger partial charge on any atom is 0.251 e. The summed E-state index contributed by atoms with van der Waals surface area (Å²) < 4.78 is 0. The van der Waals surface area contributed by atoms with Gasteiger partial charge >= 0.3 is 0 Å². The number of nitrogens with two attached hydrogens (primary N) is 1. The minimum atomic E-state index is -0.117. The molecule has 30 heavy (non-hydrogen) atoms. The zero-order chi connectivity index (χ0) is 21.8. The SMILES string of the molecule is Cc1ccsc1C(=O)c1sc(Nc2ccc(C(=O)N[C@H](C)CN(C)C)cc2)nc1N. The number of carbonyl (C=O) groups is 2. The van der Waals surface area contributed by atoms with Crippen LogP contribution in [0, 0.1) is 6.92 Å². The fourth-order valence-corrected chi connectivity index (χ4v) is 4.77. The average molecular weight is 444 g/mol. The van der Waals surface area contributed by atoms with E-state index in [0.717, 1.165) is 17.8 Å². The van der Waals surface area contributed by atoms with E-state index in [1.54, 1.807) is 24.3 Å². The van der Waals surface area contributed by atoms with Crippen LogP contribution in [0.25, 0.3) is 0 Å². The molecule has 0 saturated carbocycles. The number of carbonyl (C=O) groups excluding carboxylic acids is 2. The van der Waals surface area contributed by atoms with Crippen LogP contribution in [0.5, 0.6) is 0 Å². The Kier molecular flexibility index (Phi) is 6.86. The molecule has 4 N–H and O–H groups in total. The number of nitrogens with zero attached hydrogens (tertiary/aromatic N) is 2. The number of anilines is 3. The summed E-state index contributed by atoms with van der Waals surface area (Å²) in [6.07, 6.45) is 0.